The van der Waals surface area contributed by atoms with Crippen LogP contribution >= 0.6 is 0 Å². The summed E-state index contributed by atoms with van der Waals surface area (Å²) in [5.74, 6) is -1.75. The molecule has 0 aliphatic carbocycles. The van der Waals surface area contributed by atoms with Crippen LogP contribution in [0.1, 0.15) is 45.1 Å². The molecule has 1 amide bonds. The highest BCUT2D eigenvalue weighted by Crippen LogP contribution is 2.37. The lowest BCUT2D eigenvalue weighted by molar-refractivity contribution is -0.141. The summed E-state index contributed by atoms with van der Waals surface area (Å²) in [6.45, 7) is 2.06. The van der Waals surface area contributed by atoms with Gasteiger partial charge in [-0.1, -0.05) is 6.07 Å². The van der Waals surface area contributed by atoms with Crippen molar-refractivity contribution in [3.63, 3.8) is 0 Å². The quantitative estimate of drug-likeness (QED) is 0.542. The average Bonchev–Trinajstić information content (AvgIpc) is 3.44. The van der Waals surface area contributed by atoms with Crippen molar-refractivity contribution in [1.29, 1.82) is 0 Å². The molecule has 0 saturated heterocycles. The molecule has 1 atom stereocenters. The van der Waals surface area contributed by atoms with Crippen molar-refractivity contribution in [3.8, 4) is 0 Å². The number of aryl methyl sites for hydroxylation is 1. The Morgan fingerprint density at radius 1 is 1.30 bits per heavy atom. The number of carbonyl (C=O) groups excluding carboxylic acids is 1. The molecule has 154 valence electrons. The van der Waals surface area contributed by atoms with Crippen molar-refractivity contribution in [2.75, 3.05) is 6.54 Å². The van der Waals surface area contributed by atoms with E-state index in [4.69, 9.17) is 4.42 Å². The predicted molar refractivity (Wildman–Crippen MR) is 96.6 cm³/mol. The van der Waals surface area contributed by atoms with E-state index < -0.39 is 29.6 Å². The van der Waals surface area contributed by atoms with Gasteiger partial charge < -0.3 is 14.3 Å². The lowest BCUT2D eigenvalue weighted by Crippen LogP contribution is -2.41. The number of halogens is 3. The first-order valence-electron chi connectivity index (χ1n) is 9.13. The number of oxazole rings is 1. The van der Waals surface area contributed by atoms with Crippen molar-refractivity contribution >= 4 is 11.4 Å². The molecule has 1 aliphatic heterocycles. The van der Waals surface area contributed by atoms with Crippen molar-refractivity contribution in [2.24, 2.45) is 0 Å². The summed E-state index contributed by atoms with van der Waals surface area (Å²) in [5, 5.41) is 4.60. The fraction of sp³-hybridized carbons (Fsp3) is 0.263. The van der Waals surface area contributed by atoms with E-state index in [-0.39, 0.29) is 6.54 Å². The first-order chi connectivity index (χ1) is 14.3. The van der Waals surface area contributed by atoms with E-state index in [2.05, 4.69) is 20.1 Å². The monoisotopic (exact) mass is 416 g/mol. The van der Waals surface area contributed by atoms with Crippen LogP contribution in [0.15, 0.2) is 41.4 Å². The van der Waals surface area contributed by atoms with Crippen molar-refractivity contribution < 1.29 is 22.4 Å². The van der Waals surface area contributed by atoms with E-state index in [1.165, 1.54) is 11.2 Å². The number of amides is 1. The van der Waals surface area contributed by atoms with Crippen LogP contribution in [0.2, 0.25) is 0 Å². The number of imidazole rings is 1. The van der Waals surface area contributed by atoms with E-state index in [1.54, 1.807) is 10.6 Å². The molecule has 0 saturated carbocycles. The standard InChI is InChI=1S/C19H15F3N6O2/c1-10-3-2-4-11-7-13(26-28(10)11)15-14-12(23-8-24-14)5-6-27(15)18(29)16-17(19(20,21)22)25-9-30-16/h2-4,7-9,15H,5-6H2,1H3,(H,23,24)/t15-/m1/s1. The SMILES string of the molecule is Cc1cccc2cc([C@@H]3c4nc[nH]c4CCN3C(=O)c3ocnc3C(F)(F)F)nn12. The van der Waals surface area contributed by atoms with Gasteiger partial charge in [0.25, 0.3) is 5.91 Å². The Labute approximate surface area is 167 Å². The fourth-order valence-corrected chi connectivity index (χ4v) is 3.83. The molecule has 1 aliphatic rings. The molecule has 0 aromatic carbocycles. The third kappa shape index (κ3) is 2.77. The minimum Gasteiger partial charge on any atom is -0.438 e. The van der Waals surface area contributed by atoms with Gasteiger partial charge in [-0.15, -0.1) is 0 Å². The highest BCUT2D eigenvalue weighted by molar-refractivity contribution is 5.93. The van der Waals surface area contributed by atoms with Crippen LogP contribution in [0.4, 0.5) is 13.2 Å². The van der Waals surface area contributed by atoms with Crippen molar-refractivity contribution in [1.82, 2.24) is 29.5 Å². The molecule has 5 rings (SSSR count). The molecular formula is C19H15F3N6O2. The molecular weight excluding hydrogens is 401 g/mol. The van der Waals surface area contributed by atoms with E-state index >= 15 is 0 Å². The summed E-state index contributed by atoms with van der Waals surface area (Å²) in [7, 11) is 0. The number of pyridine rings is 1. The number of alkyl halides is 3. The molecule has 0 bridgehead atoms. The highest BCUT2D eigenvalue weighted by Gasteiger charge is 2.44. The maximum Gasteiger partial charge on any atom is 0.437 e. The Balaban J connectivity index is 1.63. The topological polar surface area (TPSA) is 92.3 Å². The molecule has 0 spiro atoms. The Morgan fingerprint density at radius 3 is 2.90 bits per heavy atom. The summed E-state index contributed by atoms with van der Waals surface area (Å²) in [4.78, 5) is 25.0. The number of aromatic nitrogens is 5. The maximum absolute atomic E-state index is 13.3. The second kappa shape index (κ2) is 6.44. The second-order valence-corrected chi connectivity index (χ2v) is 7.02. The van der Waals surface area contributed by atoms with Gasteiger partial charge in [-0.05, 0) is 25.1 Å². The zero-order chi connectivity index (χ0) is 21.0. The molecule has 4 aromatic rings. The Bertz CT molecular complexity index is 1250. The highest BCUT2D eigenvalue weighted by atomic mass is 19.4. The first kappa shape index (κ1) is 18.4. The van der Waals surface area contributed by atoms with Gasteiger partial charge in [-0.25, -0.2) is 14.5 Å². The normalized spacial score (nSPS) is 16.8. The molecule has 4 aromatic heterocycles. The largest absolute Gasteiger partial charge is 0.438 e. The minimum atomic E-state index is -4.80. The maximum atomic E-state index is 13.3. The molecule has 0 unspecified atom stereocenters. The number of nitrogens with zero attached hydrogens (tertiary/aromatic N) is 5. The minimum absolute atomic E-state index is 0.170. The van der Waals surface area contributed by atoms with Gasteiger partial charge in [0.2, 0.25) is 5.76 Å². The summed E-state index contributed by atoms with van der Waals surface area (Å²) in [6.07, 6.45) is -2.26. The molecule has 11 heteroatoms. The van der Waals surface area contributed by atoms with Crippen LogP contribution in [0, 0.1) is 6.92 Å². The van der Waals surface area contributed by atoms with Crippen LogP contribution in [-0.2, 0) is 12.6 Å². The summed E-state index contributed by atoms with van der Waals surface area (Å²) in [6, 6.07) is 6.66. The Hall–Kier alpha value is -3.63. The fourth-order valence-electron chi connectivity index (χ4n) is 3.83. The summed E-state index contributed by atoms with van der Waals surface area (Å²) < 4.78 is 46.4. The molecule has 0 fully saturated rings. The Morgan fingerprint density at radius 2 is 2.13 bits per heavy atom. The summed E-state index contributed by atoms with van der Waals surface area (Å²) in [5.41, 5.74) is 2.19. The first-order valence-corrected chi connectivity index (χ1v) is 9.13. The van der Waals surface area contributed by atoms with Crippen molar-refractivity contribution in [3.05, 3.63) is 71.2 Å². The van der Waals surface area contributed by atoms with Crippen LogP contribution in [0.3, 0.4) is 0 Å². The lowest BCUT2D eigenvalue weighted by Gasteiger charge is -2.33. The molecule has 0 radical (unpaired) electrons. The smallest absolute Gasteiger partial charge is 0.437 e. The van der Waals surface area contributed by atoms with E-state index in [0.717, 1.165) is 16.9 Å². The summed E-state index contributed by atoms with van der Waals surface area (Å²) >= 11 is 0. The number of carbonyl (C=O) groups is 1. The second-order valence-electron chi connectivity index (χ2n) is 7.02. The number of nitrogens with one attached hydrogen (secondary N) is 1. The average molecular weight is 416 g/mol. The van der Waals surface area contributed by atoms with Crippen molar-refractivity contribution in [2.45, 2.75) is 25.6 Å². The third-order valence-electron chi connectivity index (χ3n) is 5.19. The van der Waals surface area contributed by atoms with Crippen LogP contribution < -0.4 is 0 Å². The van der Waals surface area contributed by atoms with Gasteiger partial charge >= 0.3 is 6.18 Å². The third-order valence-corrected chi connectivity index (χ3v) is 5.19. The van der Waals surface area contributed by atoms with Gasteiger partial charge in [0, 0.05) is 24.4 Å². The number of fused-ring (bicyclic) bond motifs is 2. The zero-order valence-corrected chi connectivity index (χ0v) is 15.6. The molecule has 5 heterocycles. The molecule has 30 heavy (non-hydrogen) atoms. The van der Waals surface area contributed by atoms with Gasteiger partial charge in [0.1, 0.15) is 6.04 Å². The van der Waals surface area contributed by atoms with Gasteiger partial charge in [-0.3, -0.25) is 4.79 Å². The number of hydrogen-bond donors (Lipinski definition) is 1. The lowest BCUT2D eigenvalue weighted by atomic mass is 9.99. The zero-order valence-electron chi connectivity index (χ0n) is 15.6. The number of rotatable bonds is 2. The molecule has 1 N–H and O–H groups in total. The number of H-pyrrole nitrogens is 1. The van der Waals surface area contributed by atoms with E-state index in [9.17, 15) is 18.0 Å². The predicted octanol–water partition coefficient (Wildman–Crippen LogP) is 3.16. The number of hydrogen-bond acceptors (Lipinski definition) is 5. The Kier molecular flexibility index (Phi) is 3.95. The van der Waals surface area contributed by atoms with Gasteiger partial charge in [0.05, 0.1) is 23.2 Å². The van der Waals surface area contributed by atoms with E-state index in [0.29, 0.717) is 24.2 Å². The van der Waals surface area contributed by atoms with Crippen LogP contribution in [0.5, 0.6) is 0 Å². The van der Waals surface area contributed by atoms with Crippen LogP contribution in [0.25, 0.3) is 5.52 Å². The van der Waals surface area contributed by atoms with E-state index in [1.807, 2.05) is 25.1 Å². The molecule has 8 nitrogen and oxygen atoms in total. The van der Waals surface area contributed by atoms with Gasteiger partial charge in [0.15, 0.2) is 12.1 Å². The number of aromatic amines is 1. The van der Waals surface area contributed by atoms with Gasteiger partial charge in [-0.2, -0.15) is 18.3 Å². The van der Waals surface area contributed by atoms with Crippen LogP contribution in [-0.4, -0.2) is 41.9 Å².